The SMILES string of the molecule is C#CC1(F)C(F)(F)C(CCC)C(F)(F)C(F)(F)C1(CCC)S(=O)(=O)O. The smallest absolute Gasteiger partial charge is 0.285 e. The highest BCUT2D eigenvalue weighted by Crippen LogP contribution is 2.68. The van der Waals surface area contributed by atoms with Crippen LogP contribution in [0.4, 0.5) is 30.7 Å². The number of halogens is 7. The molecule has 0 aromatic rings. The highest BCUT2D eigenvalue weighted by Gasteiger charge is 2.93. The molecule has 0 aliphatic heterocycles. The van der Waals surface area contributed by atoms with Crippen LogP contribution in [0.15, 0.2) is 0 Å². The van der Waals surface area contributed by atoms with E-state index in [1.165, 1.54) is 0 Å². The maximum atomic E-state index is 15.2. The summed E-state index contributed by atoms with van der Waals surface area (Å²) in [5, 5.41) is 0. The first kappa shape index (κ1) is 22.0. The van der Waals surface area contributed by atoms with E-state index in [9.17, 15) is 39.3 Å². The number of terminal acetylenes is 1. The van der Waals surface area contributed by atoms with E-state index in [0.717, 1.165) is 13.8 Å². The van der Waals surface area contributed by atoms with Crippen LogP contribution in [0.5, 0.6) is 0 Å². The van der Waals surface area contributed by atoms with Gasteiger partial charge in [0.25, 0.3) is 15.8 Å². The highest BCUT2D eigenvalue weighted by atomic mass is 32.2. The van der Waals surface area contributed by atoms with Gasteiger partial charge in [-0.05, 0) is 12.8 Å². The van der Waals surface area contributed by atoms with Crippen molar-refractivity contribution in [2.24, 2.45) is 5.92 Å². The Morgan fingerprint density at radius 2 is 1.48 bits per heavy atom. The first-order chi connectivity index (χ1) is 11.1. The van der Waals surface area contributed by atoms with Crippen molar-refractivity contribution in [3.05, 3.63) is 0 Å². The van der Waals surface area contributed by atoms with Crippen molar-refractivity contribution in [1.29, 1.82) is 0 Å². The third kappa shape index (κ3) is 2.32. The summed E-state index contributed by atoms with van der Waals surface area (Å²) >= 11 is 0. The zero-order valence-electron chi connectivity index (χ0n) is 13.3. The second kappa shape index (κ2) is 6.01. The van der Waals surface area contributed by atoms with Crippen LogP contribution in [0.1, 0.15) is 39.5 Å². The molecule has 1 aliphatic rings. The summed E-state index contributed by atoms with van der Waals surface area (Å²) in [6, 6.07) is 0. The van der Waals surface area contributed by atoms with Crippen LogP contribution < -0.4 is 0 Å². The van der Waals surface area contributed by atoms with Crippen LogP contribution >= 0.6 is 0 Å². The van der Waals surface area contributed by atoms with Gasteiger partial charge in [-0.15, -0.1) is 6.42 Å². The third-order valence-corrected chi connectivity index (χ3v) is 6.26. The van der Waals surface area contributed by atoms with Crippen molar-refractivity contribution in [3.8, 4) is 12.3 Å². The molecule has 1 saturated carbocycles. The van der Waals surface area contributed by atoms with Crippen molar-refractivity contribution in [2.45, 2.75) is 67.7 Å². The van der Waals surface area contributed by atoms with Gasteiger partial charge < -0.3 is 0 Å². The maximum Gasteiger partial charge on any atom is 0.336 e. The zero-order valence-corrected chi connectivity index (χ0v) is 14.1. The Balaban J connectivity index is 4.10. The van der Waals surface area contributed by atoms with Gasteiger partial charge in [0.15, 0.2) is 0 Å². The van der Waals surface area contributed by atoms with Gasteiger partial charge in [-0.1, -0.05) is 32.6 Å². The van der Waals surface area contributed by atoms with Crippen LogP contribution in [0.3, 0.4) is 0 Å². The van der Waals surface area contributed by atoms with E-state index in [4.69, 9.17) is 0 Å². The molecule has 1 rings (SSSR count). The Kier molecular flexibility index (Phi) is 5.29. The lowest BCUT2D eigenvalue weighted by Gasteiger charge is -2.56. The maximum absolute atomic E-state index is 15.2. The number of hydrogen-bond acceptors (Lipinski definition) is 2. The molecule has 0 aromatic heterocycles. The molecule has 3 nitrogen and oxygen atoms in total. The quantitative estimate of drug-likeness (QED) is 0.431. The molecular formula is C14H17F7O3S. The van der Waals surface area contributed by atoms with Crippen molar-refractivity contribution < 1.29 is 43.7 Å². The van der Waals surface area contributed by atoms with Crippen LogP contribution in [0, 0.1) is 18.3 Å². The predicted molar refractivity (Wildman–Crippen MR) is 75.1 cm³/mol. The first-order valence-corrected chi connectivity index (χ1v) is 8.78. The number of hydrogen-bond donors (Lipinski definition) is 1. The second-order valence-electron chi connectivity index (χ2n) is 6.02. The lowest BCUT2D eigenvalue weighted by molar-refractivity contribution is -0.359. The molecule has 0 aromatic carbocycles. The van der Waals surface area contributed by atoms with E-state index < -0.39 is 69.9 Å². The molecule has 0 heterocycles. The van der Waals surface area contributed by atoms with Gasteiger partial charge in [0, 0.05) is 0 Å². The number of rotatable bonds is 5. The molecule has 0 saturated heterocycles. The second-order valence-corrected chi connectivity index (χ2v) is 7.66. The molecule has 1 N–H and O–H groups in total. The Labute approximate surface area is 140 Å². The van der Waals surface area contributed by atoms with E-state index in [2.05, 4.69) is 6.42 Å². The molecule has 0 spiro atoms. The lowest BCUT2D eigenvalue weighted by Crippen LogP contribution is -2.83. The number of alkyl halides is 7. The summed E-state index contributed by atoms with van der Waals surface area (Å²) < 4.78 is 130. The third-order valence-electron chi connectivity index (χ3n) is 4.64. The molecule has 1 aliphatic carbocycles. The van der Waals surface area contributed by atoms with Crippen molar-refractivity contribution in [3.63, 3.8) is 0 Å². The van der Waals surface area contributed by atoms with E-state index in [1.54, 1.807) is 0 Å². The fraction of sp³-hybridized carbons (Fsp3) is 0.857. The Bertz CT molecular complexity index is 670. The molecular weight excluding hydrogens is 381 g/mol. The average Bonchev–Trinajstić information content (AvgIpc) is 2.45. The monoisotopic (exact) mass is 398 g/mol. The Morgan fingerprint density at radius 3 is 1.80 bits per heavy atom. The molecule has 11 heteroatoms. The van der Waals surface area contributed by atoms with Crippen LogP contribution in [0.25, 0.3) is 0 Å². The summed E-state index contributed by atoms with van der Waals surface area (Å²) in [5.41, 5.74) is -5.05. The molecule has 0 radical (unpaired) electrons. The van der Waals surface area contributed by atoms with E-state index in [-0.39, 0.29) is 0 Å². The Hall–Kier alpha value is -1.02. The summed E-state index contributed by atoms with van der Waals surface area (Å²) in [4.78, 5) is 0. The molecule has 0 amide bonds. The highest BCUT2D eigenvalue weighted by molar-refractivity contribution is 7.87. The van der Waals surface area contributed by atoms with Gasteiger partial charge in [0.05, 0.1) is 5.92 Å². The van der Waals surface area contributed by atoms with Gasteiger partial charge in [-0.3, -0.25) is 4.55 Å². The largest absolute Gasteiger partial charge is 0.336 e. The molecule has 146 valence electrons. The molecule has 1 fully saturated rings. The molecule has 3 atom stereocenters. The fourth-order valence-corrected chi connectivity index (χ4v) is 4.93. The minimum Gasteiger partial charge on any atom is -0.285 e. The van der Waals surface area contributed by atoms with E-state index >= 15 is 4.39 Å². The standard InChI is InChI=1S/C14H17F7O3S/c1-4-7-9-12(16,17)10(15,6-3)11(8-5-2,25(22,23)24)14(20,21)13(9,18)19/h3,9H,4-5,7-8H2,1-2H3,(H,22,23,24). The zero-order chi connectivity index (χ0) is 20.1. The summed E-state index contributed by atoms with van der Waals surface area (Å²) in [7, 11) is -6.48. The van der Waals surface area contributed by atoms with Crippen molar-refractivity contribution in [2.75, 3.05) is 0 Å². The molecule has 3 unspecified atom stereocenters. The summed E-state index contributed by atoms with van der Waals surface area (Å²) in [6.45, 7) is 2.09. The lowest BCUT2D eigenvalue weighted by atomic mass is 9.62. The normalized spacial score (nSPS) is 36.6. The topological polar surface area (TPSA) is 54.4 Å². The molecule has 25 heavy (non-hydrogen) atoms. The predicted octanol–water partition coefficient (Wildman–Crippen LogP) is 4.09. The van der Waals surface area contributed by atoms with Gasteiger partial charge in [0.2, 0.25) is 4.75 Å². The van der Waals surface area contributed by atoms with Crippen LogP contribution in [-0.4, -0.2) is 41.2 Å². The van der Waals surface area contributed by atoms with Gasteiger partial charge in [-0.25, -0.2) is 13.2 Å². The van der Waals surface area contributed by atoms with Crippen LogP contribution in [-0.2, 0) is 10.1 Å². The van der Waals surface area contributed by atoms with E-state index in [1.807, 2.05) is 0 Å². The summed E-state index contributed by atoms with van der Waals surface area (Å²) in [6.07, 6.45) is 0.465. The van der Waals surface area contributed by atoms with Gasteiger partial charge in [-0.2, -0.15) is 26.0 Å². The minimum atomic E-state index is -6.48. The fourth-order valence-electron chi connectivity index (χ4n) is 3.46. The van der Waals surface area contributed by atoms with Crippen LogP contribution in [0.2, 0.25) is 0 Å². The van der Waals surface area contributed by atoms with Crippen molar-refractivity contribution in [1.82, 2.24) is 0 Å². The Morgan fingerprint density at radius 1 is 1.00 bits per heavy atom. The minimum absolute atomic E-state index is 0.445. The van der Waals surface area contributed by atoms with Crippen molar-refractivity contribution >= 4 is 10.1 Å². The van der Waals surface area contributed by atoms with E-state index in [0.29, 0.717) is 5.92 Å². The average molecular weight is 398 g/mol. The van der Waals surface area contributed by atoms with Gasteiger partial charge >= 0.3 is 17.8 Å². The summed E-state index contributed by atoms with van der Waals surface area (Å²) in [5.74, 6) is -19.7. The molecule has 0 bridgehead atoms. The van der Waals surface area contributed by atoms with Gasteiger partial charge in [0.1, 0.15) is 0 Å². The first-order valence-electron chi connectivity index (χ1n) is 7.33.